The molecule has 2 rings (SSSR count). The van der Waals surface area contributed by atoms with E-state index in [0.29, 0.717) is 5.89 Å². The summed E-state index contributed by atoms with van der Waals surface area (Å²) in [5, 5.41) is 12.2. The minimum absolute atomic E-state index is 0.00738. The number of halogens is 1. The van der Waals surface area contributed by atoms with Crippen LogP contribution in [0.1, 0.15) is 11.5 Å². The average molecular weight is 313 g/mol. The third kappa shape index (κ3) is 3.33. The van der Waals surface area contributed by atoms with Crippen molar-refractivity contribution in [2.24, 2.45) is 0 Å². The first-order valence-electron chi connectivity index (χ1n) is 5.48. The Kier molecular flexibility index (Phi) is 4.34. The number of nitrogens with one attached hydrogen (secondary N) is 1. The Bertz CT molecular complexity index is 738. The van der Waals surface area contributed by atoms with Gasteiger partial charge in [0.1, 0.15) is 6.07 Å². The van der Waals surface area contributed by atoms with Crippen LogP contribution in [0, 0.1) is 11.3 Å². The fourth-order valence-corrected chi connectivity index (χ4v) is 2.78. The van der Waals surface area contributed by atoms with Gasteiger partial charge in [0, 0.05) is 13.0 Å². The van der Waals surface area contributed by atoms with Crippen molar-refractivity contribution < 1.29 is 12.9 Å². The van der Waals surface area contributed by atoms with Gasteiger partial charge in [0.2, 0.25) is 15.9 Å². The third-order valence-electron chi connectivity index (χ3n) is 2.41. The molecule has 0 spiro atoms. The van der Waals surface area contributed by atoms with Crippen molar-refractivity contribution in [3.63, 3.8) is 0 Å². The van der Waals surface area contributed by atoms with Crippen LogP contribution in [-0.4, -0.2) is 25.1 Å². The average Bonchev–Trinajstić information content (AvgIpc) is 2.91. The first-order chi connectivity index (χ1) is 9.53. The number of benzene rings is 1. The lowest BCUT2D eigenvalue weighted by atomic mass is 10.2. The largest absolute Gasteiger partial charge is 0.340 e. The second-order valence-corrected chi connectivity index (χ2v) is 5.91. The zero-order valence-electron chi connectivity index (χ0n) is 10.1. The number of nitrogens with zero attached hydrogens (tertiary/aromatic N) is 3. The molecule has 7 nitrogen and oxygen atoms in total. The zero-order valence-corrected chi connectivity index (χ0v) is 11.6. The van der Waals surface area contributed by atoms with Gasteiger partial charge >= 0.3 is 0 Å². The number of rotatable bonds is 5. The molecule has 0 saturated carbocycles. The summed E-state index contributed by atoms with van der Waals surface area (Å²) in [7, 11) is -3.69. The highest BCUT2D eigenvalue weighted by Crippen LogP contribution is 2.19. The predicted octanol–water partition coefficient (Wildman–Crippen LogP) is 1.12. The normalized spacial score (nSPS) is 11.2. The molecule has 0 aliphatic carbocycles. The molecule has 0 aliphatic heterocycles. The van der Waals surface area contributed by atoms with Gasteiger partial charge in [-0.2, -0.15) is 10.2 Å². The summed E-state index contributed by atoms with van der Waals surface area (Å²) in [4.78, 5) is 3.77. The van der Waals surface area contributed by atoms with Crippen molar-refractivity contribution in [3.05, 3.63) is 41.0 Å². The van der Waals surface area contributed by atoms with Gasteiger partial charge < -0.3 is 4.52 Å². The SMILES string of the molecule is N#Cc1ccc(S(=O)(=O)NCCc2ncno2)cc1Cl. The molecule has 1 aromatic heterocycles. The van der Waals surface area contributed by atoms with Gasteiger partial charge in [-0.05, 0) is 18.2 Å². The topological polar surface area (TPSA) is 109 Å². The predicted molar refractivity (Wildman–Crippen MR) is 69.4 cm³/mol. The molecule has 1 N–H and O–H groups in total. The smallest absolute Gasteiger partial charge is 0.240 e. The van der Waals surface area contributed by atoms with E-state index in [9.17, 15) is 8.42 Å². The summed E-state index contributed by atoms with van der Waals surface area (Å²) in [6.07, 6.45) is 1.52. The summed E-state index contributed by atoms with van der Waals surface area (Å²) in [6.45, 7) is 0.113. The van der Waals surface area contributed by atoms with Gasteiger partial charge in [0.25, 0.3) is 0 Å². The van der Waals surface area contributed by atoms with Crippen LogP contribution in [0.5, 0.6) is 0 Å². The Morgan fingerprint density at radius 3 is 2.85 bits per heavy atom. The molecule has 104 valence electrons. The minimum atomic E-state index is -3.69. The molecule has 0 aliphatic rings. The molecule has 0 amide bonds. The highest BCUT2D eigenvalue weighted by atomic mass is 35.5. The second-order valence-electron chi connectivity index (χ2n) is 3.74. The molecule has 0 radical (unpaired) electrons. The summed E-state index contributed by atoms with van der Waals surface area (Å²) in [6, 6.07) is 5.77. The number of hydrogen-bond acceptors (Lipinski definition) is 6. The van der Waals surface area contributed by atoms with E-state index in [2.05, 4.69) is 14.9 Å². The monoisotopic (exact) mass is 312 g/mol. The molecule has 20 heavy (non-hydrogen) atoms. The van der Waals surface area contributed by atoms with Crippen molar-refractivity contribution in [1.29, 1.82) is 5.26 Å². The van der Waals surface area contributed by atoms with E-state index in [1.807, 2.05) is 6.07 Å². The molecule has 2 aromatic rings. The Morgan fingerprint density at radius 2 is 2.25 bits per heavy atom. The van der Waals surface area contributed by atoms with Gasteiger partial charge in [0.15, 0.2) is 6.33 Å². The Labute approximate surface area is 120 Å². The van der Waals surface area contributed by atoms with E-state index in [0.717, 1.165) is 0 Å². The lowest BCUT2D eigenvalue weighted by molar-refractivity contribution is 0.377. The first-order valence-corrected chi connectivity index (χ1v) is 7.34. The fourth-order valence-electron chi connectivity index (χ4n) is 1.44. The molecule has 0 bridgehead atoms. The minimum Gasteiger partial charge on any atom is -0.340 e. The maximum Gasteiger partial charge on any atom is 0.240 e. The van der Waals surface area contributed by atoms with Gasteiger partial charge in [-0.3, -0.25) is 0 Å². The Balaban J connectivity index is 2.06. The van der Waals surface area contributed by atoms with Crippen LogP contribution in [0.15, 0.2) is 33.9 Å². The van der Waals surface area contributed by atoms with Gasteiger partial charge in [0.05, 0.1) is 15.5 Å². The van der Waals surface area contributed by atoms with E-state index < -0.39 is 10.0 Å². The molecule has 9 heteroatoms. The maximum absolute atomic E-state index is 12.0. The number of hydrogen-bond donors (Lipinski definition) is 1. The third-order valence-corrected chi connectivity index (χ3v) is 4.18. The van der Waals surface area contributed by atoms with Crippen molar-refractivity contribution >= 4 is 21.6 Å². The van der Waals surface area contributed by atoms with Gasteiger partial charge in [-0.15, -0.1) is 0 Å². The maximum atomic E-state index is 12.0. The molecular weight excluding hydrogens is 304 g/mol. The molecule has 1 aromatic carbocycles. The molecule has 0 saturated heterocycles. The van der Waals surface area contributed by atoms with Crippen LogP contribution in [-0.2, 0) is 16.4 Å². The molecule has 0 fully saturated rings. The highest BCUT2D eigenvalue weighted by molar-refractivity contribution is 7.89. The lowest BCUT2D eigenvalue weighted by Gasteiger charge is -2.06. The number of aromatic nitrogens is 2. The van der Waals surface area contributed by atoms with Crippen LogP contribution in [0.2, 0.25) is 5.02 Å². The standard InChI is InChI=1S/C11H9ClN4O3S/c12-10-5-9(2-1-8(10)6-13)20(17,18)16-4-3-11-14-7-15-19-11/h1-2,5,7,16H,3-4H2. The summed E-state index contributed by atoms with van der Waals surface area (Å²) < 4.78 is 31.1. The fraction of sp³-hybridized carbons (Fsp3) is 0.182. The Hall–Kier alpha value is -1.95. The molecular formula is C11H9ClN4O3S. The first kappa shape index (κ1) is 14.5. The van der Waals surface area contributed by atoms with Crippen molar-refractivity contribution in [2.75, 3.05) is 6.54 Å². The molecule has 0 atom stereocenters. The lowest BCUT2D eigenvalue weighted by Crippen LogP contribution is -2.26. The molecule has 0 unspecified atom stereocenters. The number of nitriles is 1. The van der Waals surface area contributed by atoms with Gasteiger partial charge in [-0.25, -0.2) is 13.1 Å². The van der Waals surface area contributed by atoms with Crippen LogP contribution in [0.3, 0.4) is 0 Å². The quantitative estimate of drug-likeness (QED) is 0.886. The van der Waals surface area contributed by atoms with Crippen molar-refractivity contribution in [2.45, 2.75) is 11.3 Å². The molecule has 1 heterocycles. The van der Waals surface area contributed by atoms with Crippen LogP contribution < -0.4 is 4.72 Å². The Morgan fingerprint density at radius 1 is 1.45 bits per heavy atom. The summed E-state index contributed by atoms with van der Waals surface area (Å²) >= 11 is 5.80. The zero-order chi connectivity index (χ0) is 14.6. The van der Waals surface area contributed by atoms with Crippen molar-refractivity contribution in [1.82, 2.24) is 14.9 Å². The number of sulfonamides is 1. The van der Waals surface area contributed by atoms with E-state index in [-0.39, 0.29) is 28.4 Å². The van der Waals surface area contributed by atoms with Crippen LogP contribution in [0.4, 0.5) is 0 Å². The second kappa shape index (κ2) is 6.00. The summed E-state index contributed by atoms with van der Waals surface area (Å²) in [5.74, 6) is 0.338. The van der Waals surface area contributed by atoms with E-state index in [1.54, 1.807) is 0 Å². The van der Waals surface area contributed by atoms with Crippen LogP contribution >= 0.6 is 11.6 Å². The van der Waals surface area contributed by atoms with E-state index in [4.69, 9.17) is 21.4 Å². The highest BCUT2D eigenvalue weighted by Gasteiger charge is 2.15. The van der Waals surface area contributed by atoms with Crippen molar-refractivity contribution in [3.8, 4) is 6.07 Å². The van der Waals surface area contributed by atoms with Crippen LogP contribution in [0.25, 0.3) is 0 Å². The van der Waals surface area contributed by atoms with E-state index in [1.165, 1.54) is 24.5 Å². The van der Waals surface area contributed by atoms with Gasteiger partial charge in [-0.1, -0.05) is 16.8 Å². The van der Waals surface area contributed by atoms with E-state index >= 15 is 0 Å². The summed E-state index contributed by atoms with van der Waals surface area (Å²) in [5.41, 5.74) is 0.219.